The third kappa shape index (κ3) is 3.25. The van der Waals surface area contributed by atoms with Crippen molar-refractivity contribution in [2.45, 2.75) is 11.7 Å². The van der Waals surface area contributed by atoms with Crippen molar-refractivity contribution in [1.29, 1.82) is 0 Å². The molecule has 0 aliphatic rings. The van der Waals surface area contributed by atoms with E-state index in [-0.39, 0.29) is 0 Å². The van der Waals surface area contributed by atoms with Gasteiger partial charge in [-0.2, -0.15) is 4.39 Å². The summed E-state index contributed by atoms with van der Waals surface area (Å²) in [7, 11) is 0. The molecule has 10 heteroatoms. The number of nitrogens with zero attached hydrogens (tertiary/aromatic N) is 2. The van der Waals surface area contributed by atoms with Crippen LogP contribution in [0, 0.1) is 16.1 Å². The van der Waals surface area contributed by atoms with Gasteiger partial charge >= 0.3 is 12.0 Å². The van der Waals surface area contributed by atoms with Crippen LogP contribution in [0.4, 0.5) is 23.2 Å². The van der Waals surface area contributed by atoms with Crippen LogP contribution in [0.25, 0.3) is 0 Å². The molecule has 0 bridgehead atoms. The molecule has 1 heterocycles. The molecule has 0 amide bonds. The van der Waals surface area contributed by atoms with E-state index >= 15 is 0 Å². The molecule has 0 N–H and O–H groups in total. The number of aromatic nitrogens is 1. The van der Waals surface area contributed by atoms with E-state index in [0.29, 0.717) is 6.20 Å². The molecule has 1 aromatic rings. The fourth-order valence-electron chi connectivity index (χ4n) is 0.978. The summed E-state index contributed by atoms with van der Waals surface area (Å²) in [6.45, 7) is 0. The van der Waals surface area contributed by atoms with Crippen LogP contribution in [-0.2, 0) is 5.33 Å². The molecule has 0 radical (unpaired) electrons. The largest absolute Gasteiger partial charge is 0.573 e. The molecule has 0 aliphatic carbocycles. The number of nitro groups is 1. The highest BCUT2D eigenvalue weighted by Gasteiger charge is 2.37. The monoisotopic (exact) mass is 318 g/mol. The van der Waals surface area contributed by atoms with Gasteiger partial charge in [0.25, 0.3) is 0 Å². The van der Waals surface area contributed by atoms with E-state index in [0.717, 1.165) is 0 Å². The summed E-state index contributed by atoms with van der Waals surface area (Å²) in [6, 6.07) is 0. The van der Waals surface area contributed by atoms with Crippen LogP contribution in [0.15, 0.2) is 6.20 Å². The quantitative estimate of drug-likeness (QED) is 0.282. The number of alkyl halides is 4. The lowest BCUT2D eigenvalue weighted by Crippen LogP contribution is -2.19. The third-order valence-corrected chi connectivity index (χ3v) is 2.16. The molecule has 0 spiro atoms. The van der Waals surface area contributed by atoms with Gasteiger partial charge in [0.05, 0.1) is 10.5 Å². The van der Waals surface area contributed by atoms with Gasteiger partial charge < -0.3 is 4.74 Å². The highest BCUT2D eigenvalue weighted by molar-refractivity contribution is 9.08. The van der Waals surface area contributed by atoms with Crippen LogP contribution >= 0.6 is 15.9 Å². The van der Waals surface area contributed by atoms with E-state index in [9.17, 15) is 27.7 Å². The summed E-state index contributed by atoms with van der Waals surface area (Å²) in [4.78, 5) is 12.3. The number of hydrogen-bond donors (Lipinski definition) is 0. The number of hydrogen-bond acceptors (Lipinski definition) is 4. The summed E-state index contributed by atoms with van der Waals surface area (Å²) in [5.74, 6) is -2.47. The molecular formula is C7H3BrF4N2O3. The molecule has 0 saturated heterocycles. The topological polar surface area (TPSA) is 65.3 Å². The summed E-state index contributed by atoms with van der Waals surface area (Å²) >= 11 is 2.70. The van der Waals surface area contributed by atoms with E-state index in [1.165, 1.54) is 0 Å². The lowest BCUT2D eigenvalue weighted by molar-refractivity contribution is -0.389. The van der Waals surface area contributed by atoms with E-state index in [4.69, 9.17) is 0 Å². The Labute approximate surface area is 99.7 Å². The minimum Gasteiger partial charge on any atom is -0.398 e. The van der Waals surface area contributed by atoms with Crippen molar-refractivity contribution in [2.75, 3.05) is 0 Å². The Bertz CT molecular complexity index is 451. The zero-order chi connectivity index (χ0) is 13.2. The average Bonchev–Trinajstić information content (AvgIpc) is 2.15. The van der Waals surface area contributed by atoms with E-state index in [1.54, 1.807) is 0 Å². The van der Waals surface area contributed by atoms with Gasteiger partial charge in [-0.25, -0.2) is 4.98 Å². The molecular weight excluding hydrogens is 316 g/mol. The second-order valence-electron chi connectivity index (χ2n) is 2.68. The van der Waals surface area contributed by atoms with Crippen LogP contribution < -0.4 is 4.74 Å². The van der Waals surface area contributed by atoms with Crippen molar-refractivity contribution in [1.82, 2.24) is 4.98 Å². The Morgan fingerprint density at radius 2 is 2.12 bits per heavy atom. The Morgan fingerprint density at radius 3 is 2.53 bits per heavy atom. The smallest absolute Gasteiger partial charge is 0.398 e. The third-order valence-electron chi connectivity index (χ3n) is 1.60. The first-order valence-electron chi connectivity index (χ1n) is 3.89. The highest BCUT2D eigenvalue weighted by atomic mass is 79.9. The SMILES string of the molecule is O=[N+]([O-])c1cnc(F)c(CBr)c1OC(F)(F)F. The minimum absolute atomic E-state index is 0.364. The second-order valence-corrected chi connectivity index (χ2v) is 3.24. The van der Waals surface area contributed by atoms with Gasteiger partial charge in [-0.15, -0.1) is 13.2 Å². The van der Waals surface area contributed by atoms with Gasteiger partial charge in [0.2, 0.25) is 11.7 Å². The van der Waals surface area contributed by atoms with Crippen LogP contribution in [0.1, 0.15) is 5.56 Å². The normalized spacial score (nSPS) is 11.4. The van der Waals surface area contributed by atoms with Crippen LogP contribution in [0.5, 0.6) is 5.75 Å². The molecule has 17 heavy (non-hydrogen) atoms. The van der Waals surface area contributed by atoms with Gasteiger partial charge in [-0.05, 0) is 0 Å². The first kappa shape index (κ1) is 13.6. The average molecular weight is 319 g/mol. The standard InChI is InChI=1S/C7H3BrF4N2O3/c8-1-3-5(17-7(10,11)12)4(14(15)16)2-13-6(3)9/h2H,1H2. The fourth-order valence-corrected chi connectivity index (χ4v) is 1.46. The van der Waals surface area contributed by atoms with Gasteiger partial charge in [-0.1, -0.05) is 15.9 Å². The van der Waals surface area contributed by atoms with E-state index in [1.807, 2.05) is 0 Å². The van der Waals surface area contributed by atoms with E-state index in [2.05, 4.69) is 25.7 Å². The van der Waals surface area contributed by atoms with Gasteiger partial charge in [0.1, 0.15) is 6.20 Å². The number of halogens is 5. The van der Waals surface area contributed by atoms with Gasteiger partial charge in [-0.3, -0.25) is 10.1 Å². The molecule has 0 unspecified atom stereocenters. The lowest BCUT2D eigenvalue weighted by atomic mass is 10.2. The second kappa shape index (κ2) is 4.82. The number of rotatable bonds is 3. The molecule has 0 aliphatic heterocycles. The summed E-state index contributed by atoms with van der Waals surface area (Å²) in [5, 5.41) is 10.1. The van der Waals surface area contributed by atoms with Crippen molar-refractivity contribution < 1.29 is 27.2 Å². The molecule has 1 rings (SSSR count). The van der Waals surface area contributed by atoms with Crippen LogP contribution in [0.3, 0.4) is 0 Å². The molecule has 0 fully saturated rings. The predicted octanol–water partition coefficient (Wildman–Crippen LogP) is 2.92. The molecule has 1 aromatic heterocycles. The molecule has 94 valence electrons. The Hall–Kier alpha value is -1.45. The van der Waals surface area contributed by atoms with Crippen molar-refractivity contribution >= 4 is 21.6 Å². The Kier molecular flexibility index (Phi) is 3.86. The van der Waals surface area contributed by atoms with Gasteiger partial charge in [0, 0.05) is 5.33 Å². The van der Waals surface area contributed by atoms with Crippen molar-refractivity contribution in [3.05, 3.63) is 27.8 Å². The Balaban J connectivity index is 3.39. The van der Waals surface area contributed by atoms with E-state index < -0.39 is 39.6 Å². The molecule has 0 aromatic carbocycles. The Morgan fingerprint density at radius 1 is 1.53 bits per heavy atom. The predicted molar refractivity (Wildman–Crippen MR) is 50.2 cm³/mol. The number of pyridine rings is 1. The summed E-state index contributed by atoms with van der Waals surface area (Å²) < 4.78 is 52.6. The fraction of sp³-hybridized carbons (Fsp3) is 0.286. The zero-order valence-electron chi connectivity index (χ0n) is 7.79. The van der Waals surface area contributed by atoms with Gasteiger partial charge in [0.15, 0.2) is 0 Å². The zero-order valence-corrected chi connectivity index (χ0v) is 9.38. The van der Waals surface area contributed by atoms with Crippen molar-refractivity contribution in [2.24, 2.45) is 0 Å². The highest BCUT2D eigenvalue weighted by Crippen LogP contribution is 2.36. The first-order chi connectivity index (χ1) is 7.76. The first-order valence-corrected chi connectivity index (χ1v) is 5.02. The van der Waals surface area contributed by atoms with Crippen molar-refractivity contribution in [3.63, 3.8) is 0 Å². The van der Waals surface area contributed by atoms with Crippen molar-refractivity contribution in [3.8, 4) is 5.75 Å². The number of ether oxygens (including phenoxy) is 1. The summed E-state index contributed by atoms with van der Waals surface area (Å²) in [6.07, 6.45) is -4.79. The van der Waals surface area contributed by atoms with Crippen LogP contribution in [-0.4, -0.2) is 16.3 Å². The minimum atomic E-state index is -5.16. The molecule has 0 saturated carbocycles. The maximum atomic E-state index is 13.1. The molecule has 0 atom stereocenters. The summed E-state index contributed by atoms with van der Waals surface area (Å²) in [5.41, 5.74) is -1.73. The van der Waals surface area contributed by atoms with Crippen LogP contribution in [0.2, 0.25) is 0 Å². The molecule has 5 nitrogen and oxygen atoms in total. The maximum Gasteiger partial charge on any atom is 0.573 e. The lowest BCUT2D eigenvalue weighted by Gasteiger charge is -2.11. The maximum absolute atomic E-state index is 13.1.